The summed E-state index contributed by atoms with van der Waals surface area (Å²) in [5.41, 5.74) is 6.37. The van der Waals surface area contributed by atoms with E-state index in [1.165, 1.54) is 5.56 Å². The molecule has 0 spiro atoms. The minimum Gasteiger partial charge on any atom is -0.379 e. The Bertz CT molecular complexity index is 582. The monoisotopic (exact) mass is 352 g/mol. The molecule has 0 saturated carbocycles. The predicted octanol–water partition coefficient (Wildman–Crippen LogP) is 0.678. The highest BCUT2D eigenvalue weighted by Gasteiger charge is 2.40. The van der Waals surface area contributed by atoms with Crippen LogP contribution in [0.3, 0.4) is 0 Å². The topological polar surface area (TPSA) is 76.6 Å². The maximum Gasteiger partial charge on any atom is 0.255 e. The van der Waals surface area contributed by atoms with E-state index in [-0.39, 0.29) is 11.9 Å². The molecule has 3 unspecified atom stereocenters. The molecule has 1 aromatic rings. The smallest absolute Gasteiger partial charge is 0.255 e. The maximum absolute atomic E-state index is 12.2. The highest BCUT2D eigenvalue weighted by atomic mass is 35.5. The Hall–Kier alpha value is -1.18. The van der Waals surface area contributed by atoms with E-state index >= 15 is 0 Å². The molecule has 24 heavy (non-hydrogen) atoms. The van der Waals surface area contributed by atoms with Gasteiger partial charge in [-0.1, -0.05) is 23.7 Å². The second kappa shape index (κ2) is 7.37. The molecule has 4 N–H and O–H groups in total. The molecule has 1 amide bonds. The summed E-state index contributed by atoms with van der Waals surface area (Å²) < 4.78 is 0. The Kier molecular flexibility index (Phi) is 5.42. The van der Waals surface area contributed by atoms with Crippen molar-refractivity contribution in [3.05, 3.63) is 34.9 Å². The SMILES string of the molecule is CN1CCCC(O)(CNCC2CNNC2c2ccc(Cl)cc2)C1=O. The number of benzene rings is 1. The van der Waals surface area contributed by atoms with Gasteiger partial charge < -0.3 is 15.3 Å². The van der Waals surface area contributed by atoms with Gasteiger partial charge in [-0.25, -0.2) is 5.43 Å². The molecule has 132 valence electrons. The average Bonchev–Trinajstić information content (AvgIpc) is 3.02. The van der Waals surface area contributed by atoms with Gasteiger partial charge >= 0.3 is 0 Å². The van der Waals surface area contributed by atoms with Crippen LogP contribution in [-0.4, -0.2) is 54.7 Å². The summed E-state index contributed by atoms with van der Waals surface area (Å²) >= 11 is 5.95. The first-order chi connectivity index (χ1) is 11.5. The molecule has 3 rings (SSSR count). The number of amides is 1. The second-order valence-electron chi connectivity index (χ2n) is 6.81. The number of halogens is 1. The number of nitrogens with zero attached hydrogens (tertiary/aromatic N) is 1. The summed E-state index contributed by atoms with van der Waals surface area (Å²) in [7, 11) is 1.74. The highest BCUT2D eigenvalue weighted by molar-refractivity contribution is 6.30. The minimum atomic E-state index is -1.28. The Morgan fingerprint density at radius 3 is 2.92 bits per heavy atom. The average molecular weight is 353 g/mol. The van der Waals surface area contributed by atoms with Gasteiger partial charge in [-0.3, -0.25) is 10.2 Å². The van der Waals surface area contributed by atoms with Crippen LogP contribution in [0.4, 0.5) is 0 Å². The van der Waals surface area contributed by atoms with Crippen molar-refractivity contribution in [3.63, 3.8) is 0 Å². The standard InChI is InChI=1S/C17H25ClN4O2/c1-22-8-2-7-17(24,16(22)23)11-19-9-13-10-20-21-15(13)12-3-5-14(18)6-4-12/h3-6,13,15,19-21,24H,2,7-11H2,1H3. The number of hydrazine groups is 1. The molecule has 0 aliphatic carbocycles. The maximum atomic E-state index is 12.2. The van der Waals surface area contributed by atoms with Crippen molar-refractivity contribution in [1.29, 1.82) is 0 Å². The third kappa shape index (κ3) is 3.73. The molecule has 2 saturated heterocycles. The van der Waals surface area contributed by atoms with Crippen LogP contribution >= 0.6 is 11.6 Å². The van der Waals surface area contributed by atoms with Crippen molar-refractivity contribution in [2.24, 2.45) is 5.92 Å². The number of nitrogens with one attached hydrogen (secondary N) is 3. The molecular weight excluding hydrogens is 328 g/mol. The third-order valence-electron chi connectivity index (χ3n) is 4.97. The summed E-state index contributed by atoms with van der Waals surface area (Å²) in [5.74, 6) is 0.143. The number of hydrogen-bond acceptors (Lipinski definition) is 5. The molecule has 0 bridgehead atoms. The van der Waals surface area contributed by atoms with E-state index in [4.69, 9.17) is 11.6 Å². The van der Waals surface area contributed by atoms with E-state index in [9.17, 15) is 9.90 Å². The van der Waals surface area contributed by atoms with Gasteiger partial charge in [0.05, 0.1) is 6.04 Å². The molecule has 2 aliphatic heterocycles. The van der Waals surface area contributed by atoms with Gasteiger partial charge in [0, 0.05) is 44.2 Å². The summed E-state index contributed by atoms with van der Waals surface area (Å²) in [6.45, 7) is 2.55. The van der Waals surface area contributed by atoms with E-state index in [0.29, 0.717) is 25.4 Å². The van der Waals surface area contributed by atoms with Gasteiger partial charge in [0.25, 0.3) is 5.91 Å². The first-order valence-corrected chi connectivity index (χ1v) is 8.80. The normalized spacial score (nSPS) is 30.8. The first kappa shape index (κ1) is 17.6. The Balaban J connectivity index is 1.56. The fourth-order valence-corrected chi connectivity index (χ4v) is 3.68. The van der Waals surface area contributed by atoms with Crippen LogP contribution in [0.25, 0.3) is 0 Å². The Labute approximate surface area is 147 Å². The molecular formula is C17H25ClN4O2. The summed E-state index contributed by atoms with van der Waals surface area (Å²) in [5, 5.41) is 14.6. The zero-order chi connectivity index (χ0) is 17.2. The van der Waals surface area contributed by atoms with E-state index in [1.54, 1.807) is 11.9 Å². The fourth-order valence-electron chi connectivity index (χ4n) is 3.55. The van der Waals surface area contributed by atoms with Gasteiger partial charge in [-0.2, -0.15) is 0 Å². The fraction of sp³-hybridized carbons (Fsp3) is 0.588. The molecule has 1 aromatic carbocycles. The van der Waals surface area contributed by atoms with Gasteiger partial charge in [0.2, 0.25) is 0 Å². The molecule has 7 heteroatoms. The van der Waals surface area contributed by atoms with Gasteiger partial charge in [0.1, 0.15) is 0 Å². The second-order valence-corrected chi connectivity index (χ2v) is 7.24. The largest absolute Gasteiger partial charge is 0.379 e. The van der Waals surface area contributed by atoms with Gasteiger partial charge in [0.15, 0.2) is 5.60 Å². The highest BCUT2D eigenvalue weighted by Crippen LogP contribution is 2.26. The zero-order valence-electron chi connectivity index (χ0n) is 13.9. The van der Waals surface area contributed by atoms with E-state index in [1.807, 2.05) is 24.3 Å². The number of hydrogen-bond donors (Lipinski definition) is 4. The lowest BCUT2D eigenvalue weighted by Gasteiger charge is -2.36. The molecule has 0 radical (unpaired) electrons. The number of piperidine rings is 1. The van der Waals surface area contributed by atoms with Crippen LogP contribution < -0.4 is 16.2 Å². The first-order valence-electron chi connectivity index (χ1n) is 8.42. The van der Waals surface area contributed by atoms with Gasteiger partial charge in [-0.05, 0) is 30.5 Å². The molecule has 2 aliphatic rings. The van der Waals surface area contributed by atoms with Crippen molar-refractivity contribution in [2.45, 2.75) is 24.5 Å². The summed E-state index contributed by atoms with van der Waals surface area (Å²) in [6.07, 6.45) is 1.35. The number of rotatable bonds is 5. The van der Waals surface area contributed by atoms with Crippen molar-refractivity contribution in [3.8, 4) is 0 Å². The van der Waals surface area contributed by atoms with E-state index < -0.39 is 5.60 Å². The third-order valence-corrected chi connectivity index (χ3v) is 5.23. The quantitative estimate of drug-likeness (QED) is 0.627. The van der Waals surface area contributed by atoms with Crippen LogP contribution in [0.1, 0.15) is 24.4 Å². The van der Waals surface area contributed by atoms with E-state index in [2.05, 4.69) is 16.2 Å². The Morgan fingerprint density at radius 2 is 2.17 bits per heavy atom. The Morgan fingerprint density at radius 1 is 1.42 bits per heavy atom. The van der Waals surface area contributed by atoms with Crippen LogP contribution in [-0.2, 0) is 4.79 Å². The molecule has 3 atom stereocenters. The lowest BCUT2D eigenvalue weighted by Crippen LogP contribution is -2.57. The lowest BCUT2D eigenvalue weighted by atomic mass is 9.91. The number of aliphatic hydroxyl groups is 1. The van der Waals surface area contributed by atoms with Crippen molar-refractivity contribution >= 4 is 17.5 Å². The molecule has 2 heterocycles. The van der Waals surface area contributed by atoms with Crippen molar-refractivity contribution in [2.75, 3.05) is 33.2 Å². The predicted molar refractivity (Wildman–Crippen MR) is 93.5 cm³/mol. The number of carbonyl (C=O) groups is 1. The van der Waals surface area contributed by atoms with Crippen LogP contribution in [0.15, 0.2) is 24.3 Å². The lowest BCUT2D eigenvalue weighted by molar-refractivity contribution is -0.154. The van der Waals surface area contributed by atoms with Crippen LogP contribution in [0.2, 0.25) is 5.02 Å². The molecule has 2 fully saturated rings. The van der Waals surface area contributed by atoms with Crippen LogP contribution in [0.5, 0.6) is 0 Å². The van der Waals surface area contributed by atoms with Crippen LogP contribution in [0, 0.1) is 5.92 Å². The minimum absolute atomic E-state index is 0.175. The van der Waals surface area contributed by atoms with Crippen molar-refractivity contribution in [1.82, 2.24) is 21.1 Å². The van der Waals surface area contributed by atoms with Gasteiger partial charge in [-0.15, -0.1) is 0 Å². The number of likely N-dealkylation sites (tertiary alicyclic amines) is 1. The zero-order valence-corrected chi connectivity index (χ0v) is 14.6. The molecule has 6 nitrogen and oxygen atoms in total. The summed E-state index contributed by atoms with van der Waals surface area (Å²) in [4.78, 5) is 13.8. The molecule has 0 aromatic heterocycles. The van der Waals surface area contributed by atoms with Crippen molar-refractivity contribution < 1.29 is 9.90 Å². The number of likely N-dealkylation sites (N-methyl/N-ethyl adjacent to an activating group) is 1. The van der Waals surface area contributed by atoms with E-state index in [0.717, 1.165) is 24.5 Å². The number of carbonyl (C=O) groups excluding carboxylic acids is 1. The summed E-state index contributed by atoms with van der Waals surface area (Å²) in [6, 6.07) is 8.00.